The van der Waals surface area contributed by atoms with Crippen LogP contribution in [-0.4, -0.2) is 31.7 Å². The summed E-state index contributed by atoms with van der Waals surface area (Å²) in [5.74, 6) is -1.56. The third-order valence-electron chi connectivity index (χ3n) is 2.13. The molecule has 0 aliphatic rings. The minimum Gasteiger partial charge on any atom is -0.465 e. The summed E-state index contributed by atoms with van der Waals surface area (Å²) in [7, 11) is -3.83. The van der Waals surface area contributed by atoms with E-state index in [0.29, 0.717) is 10.0 Å². The van der Waals surface area contributed by atoms with E-state index in [1.54, 1.807) is 19.1 Å². The van der Waals surface area contributed by atoms with Gasteiger partial charge in [0.15, 0.2) is 5.75 Å². The van der Waals surface area contributed by atoms with E-state index in [9.17, 15) is 13.2 Å². The van der Waals surface area contributed by atoms with Gasteiger partial charge in [0, 0.05) is 10.0 Å². The normalized spacial score (nSPS) is 10.9. The predicted molar refractivity (Wildman–Crippen MR) is 84.1 cm³/mol. The smallest absolute Gasteiger partial charge is 0.323 e. The number of nitrogens with one attached hydrogen (secondary N) is 1. The molecule has 0 atom stereocenters. The Morgan fingerprint density at radius 1 is 1.50 bits per heavy atom. The van der Waals surface area contributed by atoms with Gasteiger partial charge < -0.3 is 10.5 Å². The van der Waals surface area contributed by atoms with E-state index >= 15 is 0 Å². The van der Waals surface area contributed by atoms with Gasteiger partial charge in [-0.1, -0.05) is 12.2 Å². The average Bonchev–Trinajstić information content (AvgIpc) is 2.30. The number of carbonyl (C=O) groups excluding carboxylic acids is 1. The fourth-order valence-electron chi connectivity index (χ4n) is 1.31. The molecule has 3 N–H and O–H groups in total. The van der Waals surface area contributed by atoms with Gasteiger partial charge in [0.2, 0.25) is 10.0 Å². The first-order valence-electron chi connectivity index (χ1n) is 5.50. The predicted octanol–water partition coefficient (Wildman–Crippen LogP) is 1.39. The lowest BCUT2D eigenvalue weighted by molar-refractivity contribution is -0.139. The highest BCUT2D eigenvalue weighted by Crippen LogP contribution is 2.24. The molecule has 0 heterocycles. The zero-order valence-electron chi connectivity index (χ0n) is 10.6. The Bertz CT molecular complexity index is 631. The molecule has 1 aromatic carbocycles. The molecule has 0 saturated carbocycles. The molecule has 0 aliphatic carbocycles. The van der Waals surface area contributed by atoms with Crippen LogP contribution in [0.5, 0.6) is 0 Å². The molecule has 9 heteroatoms. The first-order chi connectivity index (χ1) is 9.25. The zero-order chi connectivity index (χ0) is 15.3. The van der Waals surface area contributed by atoms with E-state index in [4.69, 9.17) is 18.0 Å². The second kappa shape index (κ2) is 7.00. The van der Waals surface area contributed by atoms with Crippen molar-refractivity contribution < 1.29 is 17.9 Å². The number of hydrogen-bond acceptors (Lipinski definition) is 5. The van der Waals surface area contributed by atoms with Crippen LogP contribution in [0.1, 0.15) is 12.5 Å². The van der Waals surface area contributed by atoms with Crippen molar-refractivity contribution in [2.75, 3.05) is 17.1 Å². The van der Waals surface area contributed by atoms with E-state index in [0.717, 1.165) is 0 Å². The number of rotatable bonds is 6. The second-order valence-corrected chi connectivity index (χ2v) is 6.74. The van der Waals surface area contributed by atoms with Crippen LogP contribution in [0.3, 0.4) is 0 Å². The molecule has 0 aromatic heterocycles. The summed E-state index contributed by atoms with van der Waals surface area (Å²) in [5.41, 5.74) is 6.35. The lowest BCUT2D eigenvalue weighted by atomic mass is 10.2. The van der Waals surface area contributed by atoms with Crippen LogP contribution < -0.4 is 10.5 Å². The maximum absolute atomic E-state index is 11.8. The second-order valence-electron chi connectivity index (χ2n) is 3.73. The summed E-state index contributed by atoms with van der Waals surface area (Å²) < 4.78 is 30.9. The van der Waals surface area contributed by atoms with Crippen molar-refractivity contribution in [2.45, 2.75) is 6.92 Å². The topological polar surface area (TPSA) is 98.5 Å². The number of thiocarbonyl (C=S) groups is 1. The van der Waals surface area contributed by atoms with Gasteiger partial charge in [-0.2, -0.15) is 0 Å². The summed E-state index contributed by atoms with van der Waals surface area (Å²) in [4.78, 5) is 11.4. The third kappa shape index (κ3) is 5.06. The first-order valence-corrected chi connectivity index (χ1v) is 8.36. The number of nitrogens with two attached hydrogens (primary N) is 1. The highest BCUT2D eigenvalue weighted by atomic mass is 79.9. The Balaban J connectivity index is 2.87. The van der Waals surface area contributed by atoms with Crippen LogP contribution in [-0.2, 0) is 19.6 Å². The van der Waals surface area contributed by atoms with Crippen molar-refractivity contribution in [2.24, 2.45) is 5.73 Å². The molecule has 0 radical (unpaired) electrons. The SMILES string of the molecule is CCOC(=O)CS(=O)(=O)Nc1ccc(C(N)=S)cc1Br. The number of benzene rings is 1. The van der Waals surface area contributed by atoms with Crippen LogP contribution in [0.15, 0.2) is 22.7 Å². The largest absolute Gasteiger partial charge is 0.465 e. The van der Waals surface area contributed by atoms with Gasteiger partial charge in [-0.25, -0.2) is 8.42 Å². The number of sulfonamides is 1. The first kappa shape index (κ1) is 16.9. The quantitative estimate of drug-likeness (QED) is 0.571. The summed E-state index contributed by atoms with van der Waals surface area (Å²) >= 11 is 8.02. The standard InChI is InChI=1S/C11H13BrN2O4S2/c1-2-18-10(15)6-20(16,17)14-9-4-3-7(11(13)19)5-8(9)12/h3-5,14H,2,6H2,1H3,(H2,13,19). The minimum absolute atomic E-state index is 0.126. The number of ether oxygens (including phenoxy) is 1. The van der Waals surface area contributed by atoms with Crippen LogP contribution >= 0.6 is 28.1 Å². The van der Waals surface area contributed by atoms with Gasteiger partial charge in [-0.3, -0.25) is 9.52 Å². The van der Waals surface area contributed by atoms with Crippen molar-refractivity contribution in [1.82, 2.24) is 0 Å². The van der Waals surface area contributed by atoms with Crippen LogP contribution in [0, 0.1) is 0 Å². The molecule has 1 rings (SSSR count). The van der Waals surface area contributed by atoms with Crippen LogP contribution in [0.25, 0.3) is 0 Å². The van der Waals surface area contributed by atoms with Gasteiger partial charge in [-0.05, 0) is 41.1 Å². The Morgan fingerprint density at radius 2 is 2.15 bits per heavy atom. The maximum atomic E-state index is 11.8. The Hall–Kier alpha value is -1.19. The number of carbonyl (C=O) groups is 1. The number of hydrogen-bond donors (Lipinski definition) is 2. The summed E-state index contributed by atoms with van der Waals surface area (Å²) in [6, 6.07) is 4.67. The lowest BCUT2D eigenvalue weighted by Crippen LogP contribution is -2.24. The molecule has 0 amide bonds. The van der Waals surface area contributed by atoms with E-state index in [-0.39, 0.29) is 17.3 Å². The molecule has 6 nitrogen and oxygen atoms in total. The van der Waals surface area contributed by atoms with Crippen molar-refractivity contribution in [3.8, 4) is 0 Å². The van der Waals surface area contributed by atoms with Crippen molar-refractivity contribution in [1.29, 1.82) is 0 Å². The molecule has 110 valence electrons. The van der Waals surface area contributed by atoms with Crippen molar-refractivity contribution in [3.05, 3.63) is 28.2 Å². The molecular weight excluding hydrogens is 368 g/mol. The van der Waals surface area contributed by atoms with Crippen LogP contribution in [0.2, 0.25) is 0 Å². The summed E-state index contributed by atoms with van der Waals surface area (Å²) in [5, 5.41) is 0. The molecule has 0 spiro atoms. The van der Waals surface area contributed by atoms with Gasteiger partial charge in [0.1, 0.15) is 4.99 Å². The molecule has 0 saturated heterocycles. The molecule has 0 bridgehead atoms. The fraction of sp³-hybridized carbons (Fsp3) is 0.273. The van der Waals surface area contributed by atoms with Gasteiger partial charge in [0.25, 0.3) is 0 Å². The molecule has 0 fully saturated rings. The summed E-state index contributed by atoms with van der Waals surface area (Å²) in [6.07, 6.45) is 0. The number of esters is 1. The molecule has 0 unspecified atom stereocenters. The maximum Gasteiger partial charge on any atom is 0.323 e. The number of anilines is 1. The van der Waals surface area contributed by atoms with Gasteiger partial charge in [-0.15, -0.1) is 0 Å². The van der Waals surface area contributed by atoms with Crippen molar-refractivity contribution >= 4 is 54.8 Å². The van der Waals surface area contributed by atoms with Gasteiger partial charge >= 0.3 is 5.97 Å². The lowest BCUT2D eigenvalue weighted by Gasteiger charge is -2.10. The van der Waals surface area contributed by atoms with Crippen molar-refractivity contribution in [3.63, 3.8) is 0 Å². The van der Waals surface area contributed by atoms with E-state index in [1.165, 1.54) is 6.07 Å². The number of halogens is 1. The van der Waals surface area contributed by atoms with Gasteiger partial charge in [0.05, 0.1) is 12.3 Å². The molecule has 1 aromatic rings. The highest BCUT2D eigenvalue weighted by molar-refractivity contribution is 9.10. The van der Waals surface area contributed by atoms with Crippen LogP contribution in [0.4, 0.5) is 5.69 Å². The Morgan fingerprint density at radius 3 is 2.65 bits per heavy atom. The van der Waals surface area contributed by atoms with E-state index < -0.39 is 21.7 Å². The summed E-state index contributed by atoms with van der Waals surface area (Å²) in [6.45, 7) is 1.73. The zero-order valence-corrected chi connectivity index (χ0v) is 13.8. The Kier molecular flexibility index (Phi) is 5.90. The van der Waals surface area contributed by atoms with E-state index in [1.807, 2.05) is 0 Å². The van der Waals surface area contributed by atoms with E-state index in [2.05, 4.69) is 25.4 Å². The highest BCUT2D eigenvalue weighted by Gasteiger charge is 2.18. The molecule has 20 heavy (non-hydrogen) atoms. The average molecular weight is 381 g/mol. The Labute approximate surface area is 130 Å². The molecular formula is C11H13BrN2O4S2. The third-order valence-corrected chi connectivity index (χ3v) is 4.17. The molecule has 0 aliphatic heterocycles. The minimum atomic E-state index is -3.83. The fourth-order valence-corrected chi connectivity index (χ4v) is 3.03. The monoisotopic (exact) mass is 380 g/mol.